The number of methoxy groups -OCH3 is 1. The van der Waals surface area contributed by atoms with Gasteiger partial charge in [-0.25, -0.2) is 9.97 Å². The van der Waals surface area contributed by atoms with Gasteiger partial charge in [0.15, 0.2) is 0 Å². The second kappa shape index (κ2) is 6.67. The Morgan fingerprint density at radius 1 is 1.15 bits per heavy atom. The summed E-state index contributed by atoms with van der Waals surface area (Å²) in [5.41, 5.74) is 2.89. The van der Waals surface area contributed by atoms with Crippen molar-refractivity contribution in [1.82, 2.24) is 24.8 Å². The fraction of sp³-hybridized carbons (Fsp3) is 0.0588. The molecule has 0 saturated heterocycles. The van der Waals surface area contributed by atoms with E-state index in [1.54, 1.807) is 43.8 Å². The number of benzene rings is 1. The third-order valence-corrected chi connectivity index (χ3v) is 3.84. The van der Waals surface area contributed by atoms with Crippen LogP contribution in [0.4, 0.5) is 17.3 Å². The number of nitro benzene ring substituents is 1. The highest BCUT2D eigenvalue weighted by Gasteiger charge is 2.11. The summed E-state index contributed by atoms with van der Waals surface area (Å²) >= 11 is 0. The first kappa shape index (κ1) is 16.4. The summed E-state index contributed by atoms with van der Waals surface area (Å²) < 4.78 is 6.57. The number of hydrogen-bond donors (Lipinski definition) is 1. The lowest BCUT2D eigenvalue weighted by molar-refractivity contribution is -0.384. The Kier molecular flexibility index (Phi) is 4.05. The van der Waals surface area contributed by atoms with Crippen LogP contribution >= 0.6 is 0 Å². The Bertz CT molecular complexity index is 1130. The predicted molar refractivity (Wildman–Crippen MR) is 96.9 cm³/mol. The number of hydrogen-bond acceptors (Lipinski definition) is 8. The summed E-state index contributed by atoms with van der Waals surface area (Å²) in [6.07, 6.45) is 3.29. The molecule has 27 heavy (non-hydrogen) atoms. The number of nitro groups is 1. The average Bonchev–Trinajstić information content (AvgIpc) is 3.11. The molecule has 0 saturated carbocycles. The lowest BCUT2D eigenvalue weighted by Crippen LogP contribution is -1.99. The minimum atomic E-state index is -0.449. The van der Waals surface area contributed by atoms with E-state index in [0.29, 0.717) is 23.2 Å². The number of nitrogens with one attached hydrogen (secondary N) is 1. The van der Waals surface area contributed by atoms with Gasteiger partial charge in [0.1, 0.15) is 0 Å². The molecule has 0 radical (unpaired) electrons. The topological polar surface area (TPSA) is 120 Å². The second-order valence-corrected chi connectivity index (χ2v) is 5.50. The third kappa shape index (κ3) is 3.23. The van der Waals surface area contributed by atoms with Crippen molar-refractivity contribution in [1.29, 1.82) is 0 Å². The van der Waals surface area contributed by atoms with Crippen molar-refractivity contribution in [2.45, 2.75) is 0 Å². The van der Waals surface area contributed by atoms with Crippen LogP contribution in [0.5, 0.6) is 5.88 Å². The molecule has 134 valence electrons. The fourth-order valence-electron chi connectivity index (χ4n) is 2.53. The Labute approximate surface area is 152 Å². The zero-order valence-electron chi connectivity index (χ0n) is 14.1. The van der Waals surface area contributed by atoms with E-state index >= 15 is 0 Å². The second-order valence-electron chi connectivity index (χ2n) is 5.50. The molecule has 0 aliphatic rings. The quantitative estimate of drug-likeness (QED) is 0.424. The van der Waals surface area contributed by atoms with Crippen molar-refractivity contribution in [3.05, 3.63) is 65.0 Å². The van der Waals surface area contributed by atoms with Gasteiger partial charge >= 0.3 is 0 Å². The van der Waals surface area contributed by atoms with Crippen LogP contribution < -0.4 is 10.1 Å². The van der Waals surface area contributed by atoms with Gasteiger partial charge in [-0.15, -0.1) is 9.73 Å². The van der Waals surface area contributed by atoms with Crippen molar-refractivity contribution in [3.63, 3.8) is 0 Å². The van der Waals surface area contributed by atoms with E-state index in [-0.39, 0.29) is 5.69 Å². The van der Waals surface area contributed by atoms with E-state index < -0.39 is 4.92 Å². The summed E-state index contributed by atoms with van der Waals surface area (Å²) in [6.45, 7) is 0. The molecule has 0 amide bonds. The highest BCUT2D eigenvalue weighted by atomic mass is 16.6. The van der Waals surface area contributed by atoms with Crippen LogP contribution in [-0.4, -0.2) is 36.8 Å². The maximum absolute atomic E-state index is 10.7. The van der Waals surface area contributed by atoms with E-state index in [1.165, 1.54) is 16.8 Å². The third-order valence-electron chi connectivity index (χ3n) is 3.84. The Morgan fingerprint density at radius 2 is 1.96 bits per heavy atom. The summed E-state index contributed by atoms with van der Waals surface area (Å²) in [5, 5.41) is 22.2. The Morgan fingerprint density at radius 3 is 2.70 bits per heavy atom. The molecular formula is C17H13N7O3. The lowest BCUT2D eigenvalue weighted by Gasteiger charge is -2.06. The molecule has 10 heteroatoms. The maximum atomic E-state index is 10.7. The van der Waals surface area contributed by atoms with Crippen LogP contribution in [-0.2, 0) is 0 Å². The molecule has 4 aromatic rings. The van der Waals surface area contributed by atoms with Crippen molar-refractivity contribution in [2.75, 3.05) is 12.4 Å². The van der Waals surface area contributed by atoms with E-state index in [9.17, 15) is 10.1 Å². The summed E-state index contributed by atoms with van der Waals surface area (Å²) in [6, 6.07) is 11.4. The van der Waals surface area contributed by atoms with Gasteiger partial charge in [-0.05, 0) is 24.3 Å². The number of anilines is 2. The molecule has 3 aromatic heterocycles. The number of fused-ring (bicyclic) bond motifs is 1. The Balaban J connectivity index is 1.63. The van der Waals surface area contributed by atoms with Gasteiger partial charge in [0, 0.05) is 35.6 Å². The smallest absolute Gasteiger partial charge is 0.269 e. The summed E-state index contributed by atoms with van der Waals surface area (Å²) in [7, 11) is 1.54. The maximum Gasteiger partial charge on any atom is 0.269 e. The van der Waals surface area contributed by atoms with Crippen molar-refractivity contribution in [3.8, 4) is 17.1 Å². The molecule has 1 N–H and O–H groups in total. The first-order valence-electron chi connectivity index (χ1n) is 7.88. The number of ether oxygens (including phenoxy) is 1. The van der Waals surface area contributed by atoms with Crippen molar-refractivity contribution in [2.24, 2.45) is 0 Å². The molecule has 0 fully saturated rings. The standard InChI is InChI=1S/C17H13N7O3/c1-27-16-7-6-15-13(10-19-23(15)22-16)14-8-9-18-17(21-14)20-11-2-4-12(5-3-11)24(25)26/h2-10H,1H3,(H,18,20,21). The number of aromatic nitrogens is 5. The van der Waals surface area contributed by atoms with Gasteiger partial charge in [-0.3, -0.25) is 10.1 Å². The molecule has 10 nitrogen and oxygen atoms in total. The van der Waals surface area contributed by atoms with Crippen molar-refractivity contribution < 1.29 is 9.66 Å². The highest BCUT2D eigenvalue weighted by Crippen LogP contribution is 2.25. The molecule has 1 aromatic carbocycles. The zero-order chi connectivity index (χ0) is 18.8. The van der Waals surface area contributed by atoms with Crippen LogP contribution in [0.25, 0.3) is 16.8 Å². The van der Waals surface area contributed by atoms with Gasteiger partial charge in [0.2, 0.25) is 11.8 Å². The minimum Gasteiger partial charge on any atom is -0.480 e. The van der Waals surface area contributed by atoms with E-state index in [1.807, 2.05) is 6.07 Å². The summed E-state index contributed by atoms with van der Waals surface area (Å²) in [5.74, 6) is 0.822. The van der Waals surface area contributed by atoms with Crippen LogP contribution in [0.2, 0.25) is 0 Å². The highest BCUT2D eigenvalue weighted by molar-refractivity contribution is 5.77. The van der Waals surface area contributed by atoms with Crippen molar-refractivity contribution >= 4 is 22.8 Å². The average molecular weight is 363 g/mol. The number of nitrogens with zero attached hydrogens (tertiary/aromatic N) is 6. The molecule has 0 atom stereocenters. The van der Waals surface area contributed by atoms with E-state index in [0.717, 1.165) is 11.1 Å². The van der Waals surface area contributed by atoms with E-state index in [4.69, 9.17) is 4.74 Å². The monoisotopic (exact) mass is 363 g/mol. The molecule has 4 rings (SSSR count). The normalized spacial score (nSPS) is 10.7. The molecule has 0 aliphatic carbocycles. The predicted octanol–water partition coefficient (Wildman–Crippen LogP) is 2.85. The molecule has 0 bridgehead atoms. The van der Waals surface area contributed by atoms with Crippen LogP contribution in [0.3, 0.4) is 0 Å². The molecular weight excluding hydrogens is 350 g/mol. The van der Waals surface area contributed by atoms with Gasteiger partial charge < -0.3 is 10.1 Å². The van der Waals surface area contributed by atoms with E-state index in [2.05, 4.69) is 25.5 Å². The van der Waals surface area contributed by atoms with Gasteiger partial charge in [-0.2, -0.15) is 5.10 Å². The first-order valence-corrected chi connectivity index (χ1v) is 7.88. The van der Waals surface area contributed by atoms with Crippen LogP contribution in [0, 0.1) is 10.1 Å². The molecule has 0 unspecified atom stereocenters. The summed E-state index contributed by atoms with van der Waals surface area (Å²) in [4.78, 5) is 19.0. The number of non-ortho nitro benzene ring substituents is 1. The first-order chi connectivity index (χ1) is 13.1. The van der Waals surface area contributed by atoms with Gasteiger partial charge in [0.05, 0.1) is 29.4 Å². The molecule has 0 aliphatic heterocycles. The van der Waals surface area contributed by atoms with Gasteiger partial charge in [-0.1, -0.05) is 0 Å². The molecule has 0 spiro atoms. The van der Waals surface area contributed by atoms with Crippen LogP contribution in [0.15, 0.2) is 54.9 Å². The van der Waals surface area contributed by atoms with Crippen LogP contribution in [0.1, 0.15) is 0 Å². The largest absolute Gasteiger partial charge is 0.480 e. The zero-order valence-corrected chi connectivity index (χ0v) is 14.1. The molecule has 3 heterocycles. The fourth-order valence-corrected chi connectivity index (χ4v) is 2.53. The minimum absolute atomic E-state index is 0.0181. The number of rotatable bonds is 5. The lowest BCUT2D eigenvalue weighted by atomic mass is 10.2. The Hall–Kier alpha value is -4.08. The SMILES string of the molecule is COc1ccc2c(-c3ccnc(Nc4ccc([N+](=O)[O-])cc4)n3)cnn2n1. The van der Waals surface area contributed by atoms with Gasteiger partial charge in [0.25, 0.3) is 5.69 Å².